The third kappa shape index (κ3) is 3.87. The minimum Gasteiger partial charge on any atom is -0.345 e. The average Bonchev–Trinajstić information content (AvgIpc) is 2.94. The highest BCUT2D eigenvalue weighted by Gasteiger charge is 2.12. The van der Waals surface area contributed by atoms with E-state index in [0.717, 1.165) is 35.7 Å². The minimum atomic E-state index is 0.126. The summed E-state index contributed by atoms with van der Waals surface area (Å²) in [5.74, 6) is 0.126. The molecule has 0 aliphatic rings. The molecule has 0 fully saturated rings. The SMILES string of the molecule is CCCCN(C)C(=O)Cc1csc(-c2cccnc2)n1. The van der Waals surface area contributed by atoms with Crippen LogP contribution in [-0.4, -0.2) is 34.4 Å². The van der Waals surface area contributed by atoms with Gasteiger partial charge in [-0.15, -0.1) is 11.3 Å². The van der Waals surface area contributed by atoms with Crippen LogP contribution in [0.4, 0.5) is 0 Å². The number of aromatic nitrogens is 2. The summed E-state index contributed by atoms with van der Waals surface area (Å²) in [6, 6.07) is 3.87. The minimum absolute atomic E-state index is 0.126. The number of rotatable bonds is 6. The summed E-state index contributed by atoms with van der Waals surface area (Å²) < 4.78 is 0. The molecule has 0 saturated heterocycles. The third-order valence-corrected chi connectivity index (χ3v) is 4.01. The molecule has 106 valence electrons. The lowest BCUT2D eigenvalue weighted by atomic mass is 10.2. The van der Waals surface area contributed by atoms with Crippen LogP contribution in [0, 0.1) is 0 Å². The zero-order valence-electron chi connectivity index (χ0n) is 11.9. The molecule has 0 spiro atoms. The molecular weight excluding hydrogens is 270 g/mol. The lowest BCUT2D eigenvalue weighted by Crippen LogP contribution is -2.29. The Bertz CT molecular complexity index is 553. The van der Waals surface area contributed by atoms with E-state index < -0.39 is 0 Å². The van der Waals surface area contributed by atoms with Crippen molar-refractivity contribution in [3.05, 3.63) is 35.6 Å². The fraction of sp³-hybridized carbons (Fsp3) is 0.400. The van der Waals surface area contributed by atoms with Crippen molar-refractivity contribution in [1.82, 2.24) is 14.9 Å². The molecule has 0 radical (unpaired) electrons. The number of unbranched alkanes of at least 4 members (excludes halogenated alkanes) is 1. The smallest absolute Gasteiger partial charge is 0.228 e. The number of hydrogen-bond donors (Lipinski definition) is 0. The van der Waals surface area contributed by atoms with Gasteiger partial charge in [-0.3, -0.25) is 9.78 Å². The Kier molecular flexibility index (Phi) is 5.24. The summed E-state index contributed by atoms with van der Waals surface area (Å²) in [5, 5.41) is 2.87. The monoisotopic (exact) mass is 289 g/mol. The van der Waals surface area contributed by atoms with Gasteiger partial charge in [0.05, 0.1) is 12.1 Å². The van der Waals surface area contributed by atoms with Crippen LogP contribution in [0.1, 0.15) is 25.5 Å². The topological polar surface area (TPSA) is 46.1 Å². The summed E-state index contributed by atoms with van der Waals surface area (Å²) in [5.41, 5.74) is 1.83. The summed E-state index contributed by atoms with van der Waals surface area (Å²) in [7, 11) is 1.85. The van der Waals surface area contributed by atoms with E-state index in [1.807, 2.05) is 24.6 Å². The number of thiazole rings is 1. The molecule has 2 rings (SSSR count). The predicted octanol–water partition coefficient (Wildman–Crippen LogP) is 3.01. The second-order valence-electron chi connectivity index (χ2n) is 4.73. The van der Waals surface area contributed by atoms with E-state index >= 15 is 0 Å². The highest BCUT2D eigenvalue weighted by molar-refractivity contribution is 7.13. The van der Waals surface area contributed by atoms with Gasteiger partial charge in [0.15, 0.2) is 0 Å². The molecule has 0 saturated carbocycles. The first-order valence-electron chi connectivity index (χ1n) is 6.79. The maximum atomic E-state index is 12.0. The van der Waals surface area contributed by atoms with Crippen LogP contribution < -0.4 is 0 Å². The average molecular weight is 289 g/mol. The fourth-order valence-electron chi connectivity index (χ4n) is 1.82. The molecule has 0 aromatic carbocycles. The van der Waals surface area contributed by atoms with Gasteiger partial charge >= 0.3 is 0 Å². The molecular formula is C15H19N3OS. The molecule has 0 aliphatic heterocycles. The van der Waals surface area contributed by atoms with E-state index in [-0.39, 0.29) is 5.91 Å². The number of carbonyl (C=O) groups excluding carboxylic acids is 1. The normalized spacial score (nSPS) is 10.5. The Hall–Kier alpha value is -1.75. The zero-order chi connectivity index (χ0) is 14.4. The Labute approximate surface area is 123 Å². The molecule has 0 aliphatic carbocycles. The van der Waals surface area contributed by atoms with Crippen molar-refractivity contribution in [2.45, 2.75) is 26.2 Å². The molecule has 0 N–H and O–H groups in total. The lowest BCUT2D eigenvalue weighted by Gasteiger charge is -2.15. The van der Waals surface area contributed by atoms with Crippen LogP contribution in [0.25, 0.3) is 10.6 Å². The Morgan fingerprint density at radius 1 is 1.45 bits per heavy atom. The van der Waals surface area contributed by atoms with Crippen molar-refractivity contribution in [2.75, 3.05) is 13.6 Å². The molecule has 0 bridgehead atoms. The van der Waals surface area contributed by atoms with Crippen molar-refractivity contribution in [3.8, 4) is 10.6 Å². The van der Waals surface area contributed by atoms with Crippen LogP contribution in [0.15, 0.2) is 29.9 Å². The van der Waals surface area contributed by atoms with Gasteiger partial charge in [0.1, 0.15) is 5.01 Å². The first-order chi connectivity index (χ1) is 9.70. The molecule has 0 atom stereocenters. The van der Waals surface area contributed by atoms with Gasteiger partial charge in [-0.05, 0) is 18.6 Å². The van der Waals surface area contributed by atoms with Gasteiger partial charge in [-0.25, -0.2) is 4.98 Å². The highest BCUT2D eigenvalue weighted by atomic mass is 32.1. The number of hydrogen-bond acceptors (Lipinski definition) is 4. The van der Waals surface area contributed by atoms with Crippen LogP contribution >= 0.6 is 11.3 Å². The van der Waals surface area contributed by atoms with Crippen LogP contribution in [0.2, 0.25) is 0 Å². The van der Waals surface area contributed by atoms with Crippen molar-refractivity contribution in [2.24, 2.45) is 0 Å². The fourth-order valence-corrected chi connectivity index (χ4v) is 2.63. The second kappa shape index (κ2) is 7.14. The molecule has 5 heteroatoms. The van der Waals surface area contributed by atoms with Gasteiger partial charge in [0.25, 0.3) is 0 Å². The number of nitrogens with zero attached hydrogens (tertiary/aromatic N) is 3. The summed E-state index contributed by atoms with van der Waals surface area (Å²) in [6.07, 6.45) is 6.04. The van der Waals surface area contributed by atoms with Crippen LogP contribution in [0.3, 0.4) is 0 Å². The van der Waals surface area contributed by atoms with Crippen LogP contribution in [-0.2, 0) is 11.2 Å². The van der Waals surface area contributed by atoms with Crippen LogP contribution in [0.5, 0.6) is 0 Å². The Balaban J connectivity index is 1.98. The number of carbonyl (C=O) groups is 1. The highest BCUT2D eigenvalue weighted by Crippen LogP contribution is 2.22. The number of pyridine rings is 1. The quantitative estimate of drug-likeness (QED) is 0.821. The summed E-state index contributed by atoms with van der Waals surface area (Å²) in [4.78, 5) is 22.4. The Morgan fingerprint density at radius 2 is 2.30 bits per heavy atom. The Morgan fingerprint density at radius 3 is 3.00 bits per heavy atom. The van der Waals surface area contributed by atoms with E-state index in [0.29, 0.717) is 6.42 Å². The largest absolute Gasteiger partial charge is 0.345 e. The van der Waals surface area contributed by atoms with E-state index in [9.17, 15) is 4.79 Å². The van der Waals surface area contributed by atoms with Gasteiger partial charge in [-0.1, -0.05) is 13.3 Å². The van der Waals surface area contributed by atoms with E-state index in [1.165, 1.54) is 0 Å². The van der Waals surface area contributed by atoms with Crippen molar-refractivity contribution < 1.29 is 4.79 Å². The molecule has 20 heavy (non-hydrogen) atoms. The molecule has 1 amide bonds. The molecule has 2 aromatic heterocycles. The predicted molar refractivity (Wildman–Crippen MR) is 81.6 cm³/mol. The van der Waals surface area contributed by atoms with Gasteiger partial charge < -0.3 is 4.90 Å². The van der Waals surface area contributed by atoms with Gasteiger partial charge in [0, 0.05) is 36.9 Å². The summed E-state index contributed by atoms with van der Waals surface area (Å²) in [6.45, 7) is 2.94. The lowest BCUT2D eigenvalue weighted by molar-refractivity contribution is -0.129. The van der Waals surface area contributed by atoms with Gasteiger partial charge in [-0.2, -0.15) is 0 Å². The second-order valence-corrected chi connectivity index (χ2v) is 5.59. The number of likely N-dealkylation sites (N-methyl/N-ethyl adjacent to an activating group) is 1. The third-order valence-electron chi connectivity index (χ3n) is 3.07. The van der Waals surface area contributed by atoms with Gasteiger partial charge in [0.2, 0.25) is 5.91 Å². The molecule has 4 nitrogen and oxygen atoms in total. The standard InChI is InChI=1S/C15H19N3OS/c1-3-4-8-18(2)14(19)9-13-11-20-15(17-13)12-6-5-7-16-10-12/h5-7,10-11H,3-4,8-9H2,1-2H3. The first kappa shape index (κ1) is 14.7. The maximum absolute atomic E-state index is 12.0. The zero-order valence-corrected chi connectivity index (χ0v) is 12.7. The van der Waals surface area contributed by atoms with E-state index in [1.54, 1.807) is 28.6 Å². The first-order valence-corrected chi connectivity index (χ1v) is 7.67. The number of amides is 1. The molecule has 0 unspecified atom stereocenters. The van der Waals surface area contributed by atoms with E-state index in [4.69, 9.17) is 0 Å². The van der Waals surface area contributed by atoms with Crippen molar-refractivity contribution in [3.63, 3.8) is 0 Å². The maximum Gasteiger partial charge on any atom is 0.228 e. The van der Waals surface area contributed by atoms with Crippen molar-refractivity contribution in [1.29, 1.82) is 0 Å². The molecule has 2 heterocycles. The van der Waals surface area contributed by atoms with E-state index in [2.05, 4.69) is 16.9 Å². The van der Waals surface area contributed by atoms with Crippen molar-refractivity contribution >= 4 is 17.2 Å². The summed E-state index contributed by atoms with van der Waals surface area (Å²) >= 11 is 1.55. The molecule has 2 aromatic rings.